The third-order valence-electron chi connectivity index (χ3n) is 6.44. The molecule has 0 unspecified atom stereocenters. The second-order valence-corrected chi connectivity index (χ2v) is 9.25. The molecule has 31 heavy (non-hydrogen) atoms. The van der Waals surface area contributed by atoms with E-state index in [0.717, 1.165) is 0 Å². The SMILES string of the molecule is c1ccc2c(c1)cc(Sc1ccc3ccc4cccc5ccc1c3c45)c1ccccc12. The van der Waals surface area contributed by atoms with Gasteiger partial charge < -0.3 is 0 Å². The molecular formula is C30H18S. The standard InChI is InChI=1S/C30H18S/c1-2-9-23-22(6-1)18-28(25-11-4-3-10-24(23)25)31-27-17-15-21-13-12-19-7-5-8-20-14-16-26(27)30(21)29(19)20/h1-18H. The summed E-state index contributed by atoms with van der Waals surface area (Å²) in [4.78, 5) is 2.62. The molecule has 7 aromatic rings. The molecule has 0 radical (unpaired) electrons. The van der Waals surface area contributed by atoms with Crippen LogP contribution in [0.3, 0.4) is 0 Å². The van der Waals surface area contributed by atoms with Crippen molar-refractivity contribution >= 4 is 65.6 Å². The highest BCUT2D eigenvalue weighted by atomic mass is 32.2. The summed E-state index contributed by atoms with van der Waals surface area (Å²) in [6.07, 6.45) is 0. The van der Waals surface area contributed by atoms with Crippen molar-refractivity contribution in [2.24, 2.45) is 0 Å². The van der Waals surface area contributed by atoms with E-state index in [1.54, 1.807) is 0 Å². The molecule has 0 amide bonds. The third kappa shape index (κ3) is 2.50. The van der Waals surface area contributed by atoms with E-state index in [1.807, 2.05) is 11.8 Å². The van der Waals surface area contributed by atoms with Crippen molar-refractivity contribution in [2.45, 2.75) is 9.79 Å². The summed E-state index contributed by atoms with van der Waals surface area (Å²) in [5, 5.41) is 13.3. The molecule has 7 aromatic carbocycles. The second kappa shape index (κ2) is 6.47. The van der Waals surface area contributed by atoms with Gasteiger partial charge in [0.2, 0.25) is 0 Å². The summed E-state index contributed by atoms with van der Waals surface area (Å²) < 4.78 is 0. The van der Waals surface area contributed by atoms with Crippen LogP contribution >= 0.6 is 11.8 Å². The lowest BCUT2D eigenvalue weighted by molar-refractivity contribution is 1.52. The van der Waals surface area contributed by atoms with Crippen molar-refractivity contribution in [3.8, 4) is 0 Å². The molecule has 0 nitrogen and oxygen atoms in total. The fraction of sp³-hybridized carbons (Fsp3) is 0. The van der Waals surface area contributed by atoms with Gasteiger partial charge in [-0.15, -0.1) is 0 Å². The molecule has 0 bridgehead atoms. The van der Waals surface area contributed by atoms with Crippen molar-refractivity contribution in [3.63, 3.8) is 0 Å². The van der Waals surface area contributed by atoms with E-state index in [-0.39, 0.29) is 0 Å². The fourth-order valence-electron chi connectivity index (χ4n) is 5.02. The van der Waals surface area contributed by atoms with E-state index in [1.165, 1.54) is 63.7 Å². The van der Waals surface area contributed by atoms with Crippen molar-refractivity contribution in [1.29, 1.82) is 0 Å². The molecule has 0 saturated heterocycles. The van der Waals surface area contributed by atoms with Crippen LogP contribution in [0, 0.1) is 0 Å². The number of rotatable bonds is 2. The zero-order valence-corrected chi connectivity index (χ0v) is 17.6. The Morgan fingerprint density at radius 1 is 0.355 bits per heavy atom. The van der Waals surface area contributed by atoms with Gasteiger partial charge in [-0.05, 0) is 66.0 Å². The Balaban J connectivity index is 1.52. The fourth-order valence-corrected chi connectivity index (χ4v) is 6.15. The summed E-state index contributed by atoms with van der Waals surface area (Å²) in [5.41, 5.74) is 0. The Hall–Kier alpha value is -3.55. The van der Waals surface area contributed by atoms with Crippen LogP contribution in [0.4, 0.5) is 0 Å². The molecule has 0 aromatic heterocycles. The smallest absolute Gasteiger partial charge is 0.0207 e. The van der Waals surface area contributed by atoms with Gasteiger partial charge in [0.25, 0.3) is 0 Å². The zero-order valence-electron chi connectivity index (χ0n) is 16.8. The Bertz CT molecular complexity index is 1740. The van der Waals surface area contributed by atoms with Crippen molar-refractivity contribution in [1.82, 2.24) is 0 Å². The van der Waals surface area contributed by atoms with E-state index >= 15 is 0 Å². The van der Waals surface area contributed by atoms with Crippen molar-refractivity contribution in [3.05, 3.63) is 109 Å². The normalized spacial score (nSPS) is 12.0. The minimum atomic E-state index is 1.29. The van der Waals surface area contributed by atoms with Crippen molar-refractivity contribution in [2.75, 3.05) is 0 Å². The Morgan fingerprint density at radius 2 is 0.968 bits per heavy atom. The largest absolute Gasteiger partial charge is 0.0888 e. The molecular weight excluding hydrogens is 392 g/mol. The van der Waals surface area contributed by atoms with Gasteiger partial charge in [0.1, 0.15) is 0 Å². The average molecular weight is 411 g/mol. The van der Waals surface area contributed by atoms with Gasteiger partial charge in [0, 0.05) is 9.79 Å². The van der Waals surface area contributed by atoms with E-state index in [9.17, 15) is 0 Å². The van der Waals surface area contributed by atoms with Gasteiger partial charge in [-0.3, -0.25) is 0 Å². The Labute approximate surface area is 184 Å². The summed E-state index contributed by atoms with van der Waals surface area (Å²) in [6.45, 7) is 0. The van der Waals surface area contributed by atoms with E-state index in [2.05, 4.69) is 109 Å². The van der Waals surface area contributed by atoms with Gasteiger partial charge >= 0.3 is 0 Å². The lowest BCUT2D eigenvalue weighted by atomic mass is 9.94. The maximum Gasteiger partial charge on any atom is 0.0207 e. The van der Waals surface area contributed by atoms with Gasteiger partial charge in [-0.25, -0.2) is 0 Å². The monoisotopic (exact) mass is 410 g/mol. The second-order valence-electron chi connectivity index (χ2n) is 8.16. The Kier molecular flexibility index (Phi) is 3.58. The zero-order chi connectivity index (χ0) is 20.4. The van der Waals surface area contributed by atoms with Crippen LogP contribution in [0.25, 0.3) is 53.9 Å². The Morgan fingerprint density at radius 3 is 1.81 bits per heavy atom. The molecule has 0 aliphatic heterocycles. The summed E-state index contributed by atoms with van der Waals surface area (Å²) in [7, 11) is 0. The maximum atomic E-state index is 2.35. The average Bonchev–Trinajstić information content (AvgIpc) is 2.83. The van der Waals surface area contributed by atoms with Crippen molar-refractivity contribution < 1.29 is 0 Å². The molecule has 0 heterocycles. The molecule has 0 saturated carbocycles. The first-order chi connectivity index (χ1) is 15.4. The highest BCUT2D eigenvalue weighted by Gasteiger charge is 2.13. The first-order valence-corrected chi connectivity index (χ1v) is 11.4. The van der Waals surface area contributed by atoms with Gasteiger partial charge in [0.05, 0.1) is 0 Å². The number of fused-ring (bicyclic) bond motifs is 3. The lowest BCUT2D eigenvalue weighted by Crippen LogP contribution is -1.87. The molecule has 0 N–H and O–H groups in total. The van der Waals surface area contributed by atoms with E-state index < -0.39 is 0 Å². The minimum absolute atomic E-state index is 1.29. The molecule has 0 aliphatic rings. The molecule has 7 rings (SSSR count). The first kappa shape index (κ1) is 17.2. The minimum Gasteiger partial charge on any atom is -0.0888 e. The van der Waals surface area contributed by atoms with Crippen LogP contribution in [0.1, 0.15) is 0 Å². The summed E-state index contributed by atoms with van der Waals surface area (Å²) in [5.74, 6) is 0. The first-order valence-electron chi connectivity index (χ1n) is 10.6. The van der Waals surface area contributed by atoms with Crippen LogP contribution in [-0.4, -0.2) is 0 Å². The van der Waals surface area contributed by atoms with Crippen LogP contribution in [0.2, 0.25) is 0 Å². The predicted octanol–water partition coefficient (Wildman–Crippen LogP) is 9.04. The van der Waals surface area contributed by atoms with Gasteiger partial charge in [0.15, 0.2) is 0 Å². The van der Waals surface area contributed by atoms with Crippen LogP contribution in [0.15, 0.2) is 119 Å². The molecule has 1 heteroatoms. The third-order valence-corrected chi connectivity index (χ3v) is 7.57. The molecule has 144 valence electrons. The summed E-state index contributed by atoms with van der Waals surface area (Å²) in [6, 6.07) is 40.0. The molecule has 0 atom stereocenters. The van der Waals surface area contributed by atoms with E-state index in [0.29, 0.717) is 0 Å². The number of hydrogen-bond donors (Lipinski definition) is 0. The molecule has 0 aliphatic carbocycles. The van der Waals surface area contributed by atoms with Crippen LogP contribution in [-0.2, 0) is 0 Å². The topological polar surface area (TPSA) is 0 Å². The van der Waals surface area contributed by atoms with E-state index in [4.69, 9.17) is 0 Å². The molecule has 0 spiro atoms. The quantitative estimate of drug-likeness (QED) is 0.256. The highest BCUT2D eigenvalue weighted by molar-refractivity contribution is 7.99. The number of hydrogen-bond acceptors (Lipinski definition) is 1. The van der Waals surface area contributed by atoms with Gasteiger partial charge in [-0.2, -0.15) is 0 Å². The van der Waals surface area contributed by atoms with Crippen LogP contribution < -0.4 is 0 Å². The summed E-state index contributed by atoms with van der Waals surface area (Å²) >= 11 is 1.88. The van der Waals surface area contributed by atoms with Crippen LogP contribution in [0.5, 0.6) is 0 Å². The highest BCUT2D eigenvalue weighted by Crippen LogP contribution is 2.43. The lowest BCUT2D eigenvalue weighted by Gasteiger charge is -2.15. The van der Waals surface area contributed by atoms with Gasteiger partial charge in [-0.1, -0.05) is 109 Å². The predicted molar refractivity (Wildman–Crippen MR) is 136 cm³/mol. The molecule has 0 fully saturated rings. The number of benzene rings is 7. The maximum absolute atomic E-state index is 2.35.